The summed E-state index contributed by atoms with van der Waals surface area (Å²) in [5.41, 5.74) is 1.04. The third-order valence-electron chi connectivity index (χ3n) is 1.88. The summed E-state index contributed by atoms with van der Waals surface area (Å²) in [5, 5.41) is 8.34. The molecule has 0 fully saturated rings. The summed E-state index contributed by atoms with van der Waals surface area (Å²) in [5.74, 6) is -0.0908. The average Bonchev–Trinajstić information content (AvgIpc) is 2.20. The lowest BCUT2D eigenvalue weighted by Crippen LogP contribution is -2.31. The number of ether oxygens (including phenoxy) is 1. The van der Waals surface area contributed by atoms with Crippen LogP contribution >= 0.6 is 0 Å². The molecule has 84 valence electrons. The Morgan fingerprint density at radius 3 is 2.80 bits per heavy atom. The first kappa shape index (κ1) is 13.7. The Balaban J connectivity index is 3.56. The molecule has 0 aliphatic rings. The SMILES string of the molecule is C=C(C)CCOCC(=O)N(C)CCC#N. The maximum absolute atomic E-state index is 11.4. The van der Waals surface area contributed by atoms with Crippen LogP contribution in [0.4, 0.5) is 0 Å². The molecule has 0 aliphatic heterocycles. The van der Waals surface area contributed by atoms with Gasteiger partial charge in [-0.1, -0.05) is 5.57 Å². The Bertz CT molecular complexity index is 256. The van der Waals surface area contributed by atoms with Gasteiger partial charge in [0.2, 0.25) is 5.91 Å². The summed E-state index contributed by atoms with van der Waals surface area (Å²) in [6, 6.07) is 1.99. The Labute approximate surface area is 91.1 Å². The van der Waals surface area contributed by atoms with Gasteiger partial charge in [-0.2, -0.15) is 5.26 Å². The van der Waals surface area contributed by atoms with Gasteiger partial charge in [-0.25, -0.2) is 0 Å². The number of carbonyl (C=O) groups excluding carboxylic acids is 1. The van der Waals surface area contributed by atoms with Crippen molar-refractivity contribution in [3.8, 4) is 6.07 Å². The summed E-state index contributed by atoms with van der Waals surface area (Å²) in [6.45, 7) is 6.71. The van der Waals surface area contributed by atoms with E-state index in [4.69, 9.17) is 10.00 Å². The zero-order valence-corrected chi connectivity index (χ0v) is 9.45. The molecule has 0 rings (SSSR count). The van der Waals surface area contributed by atoms with Gasteiger partial charge >= 0.3 is 0 Å². The fraction of sp³-hybridized carbons (Fsp3) is 0.636. The molecule has 0 bridgehead atoms. The number of likely N-dealkylation sites (N-methyl/N-ethyl adjacent to an activating group) is 1. The number of hydrogen-bond acceptors (Lipinski definition) is 3. The van der Waals surface area contributed by atoms with Crippen LogP contribution in [0.3, 0.4) is 0 Å². The molecule has 0 spiro atoms. The van der Waals surface area contributed by atoms with Crippen LogP contribution in [0.25, 0.3) is 0 Å². The first-order chi connectivity index (χ1) is 7.07. The number of nitrogens with zero attached hydrogens (tertiary/aromatic N) is 2. The molecule has 0 aromatic rings. The molecule has 4 heteroatoms. The minimum atomic E-state index is -0.0908. The highest BCUT2D eigenvalue weighted by Gasteiger charge is 2.07. The van der Waals surface area contributed by atoms with Crippen LogP contribution in [-0.4, -0.2) is 37.6 Å². The largest absolute Gasteiger partial charge is 0.371 e. The summed E-state index contributed by atoms with van der Waals surface area (Å²) in [4.78, 5) is 12.9. The molecule has 0 radical (unpaired) electrons. The first-order valence-electron chi connectivity index (χ1n) is 4.91. The Hall–Kier alpha value is -1.34. The Morgan fingerprint density at radius 1 is 1.60 bits per heavy atom. The maximum atomic E-state index is 11.4. The number of hydrogen-bond donors (Lipinski definition) is 0. The molecule has 0 heterocycles. The highest BCUT2D eigenvalue weighted by Crippen LogP contribution is 1.96. The van der Waals surface area contributed by atoms with Gasteiger partial charge < -0.3 is 9.64 Å². The second-order valence-corrected chi connectivity index (χ2v) is 3.48. The van der Waals surface area contributed by atoms with Gasteiger partial charge in [-0.15, -0.1) is 6.58 Å². The number of nitriles is 1. The first-order valence-corrected chi connectivity index (χ1v) is 4.91. The van der Waals surface area contributed by atoms with Gasteiger partial charge in [0, 0.05) is 13.6 Å². The lowest BCUT2D eigenvalue weighted by atomic mass is 10.3. The second-order valence-electron chi connectivity index (χ2n) is 3.48. The maximum Gasteiger partial charge on any atom is 0.248 e. The van der Waals surface area contributed by atoms with E-state index in [-0.39, 0.29) is 12.5 Å². The number of amides is 1. The molecule has 0 saturated carbocycles. The molecule has 15 heavy (non-hydrogen) atoms. The minimum Gasteiger partial charge on any atom is -0.371 e. The predicted molar refractivity (Wildman–Crippen MR) is 58.1 cm³/mol. The summed E-state index contributed by atoms with van der Waals surface area (Å²) in [7, 11) is 1.67. The highest BCUT2D eigenvalue weighted by atomic mass is 16.5. The van der Waals surface area contributed by atoms with Gasteiger partial charge in [-0.3, -0.25) is 4.79 Å². The highest BCUT2D eigenvalue weighted by molar-refractivity contribution is 5.77. The van der Waals surface area contributed by atoms with Crippen molar-refractivity contribution >= 4 is 5.91 Å². The van der Waals surface area contributed by atoms with Crippen LogP contribution < -0.4 is 0 Å². The summed E-state index contributed by atoms with van der Waals surface area (Å²) in [6.07, 6.45) is 1.13. The topological polar surface area (TPSA) is 53.3 Å². The molecule has 0 aliphatic carbocycles. The number of carbonyl (C=O) groups is 1. The second kappa shape index (κ2) is 8.01. The van der Waals surface area contributed by atoms with Crippen LogP contribution in [0.2, 0.25) is 0 Å². The van der Waals surface area contributed by atoms with Crippen LogP contribution in [0.15, 0.2) is 12.2 Å². The van der Waals surface area contributed by atoms with E-state index in [1.54, 1.807) is 7.05 Å². The van der Waals surface area contributed by atoms with Gasteiger partial charge in [0.1, 0.15) is 6.61 Å². The molecular weight excluding hydrogens is 192 g/mol. The van der Waals surface area contributed by atoms with Crippen molar-refractivity contribution in [1.29, 1.82) is 5.26 Å². The Kier molecular flexibility index (Phi) is 7.29. The molecule has 1 amide bonds. The number of rotatable bonds is 7. The Morgan fingerprint density at radius 2 is 2.27 bits per heavy atom. The summed E-state index contributed by atoms with van der Waals surface area (Å²) < 4.78 is 5.17. The quantitative estimate of drug-likeness (QED) is 0.470. The van der Waals surface area contributed by atoms with E-state index in [0.717, 1.165) is 12.0 Å². The molecule has 0 N–H and O–H groups in total. The van der Waals surface area contributed by atoms with Crippen LogP contribution in [0.1, 0.15) is 19.8 Å². The van der Waals surface area contributed by atoms with E-state index in [0.29, 0.717) is 19.6 Å². The van der Waals surface area contributed by atoms with Gasteiger partial charge in [0.15, 0.2) is 0 Å². The van der Waals surface area contributed by atoms with Crippen molar-refractivity contribution in [2.75, 3.05) is 26.8 Å². The fourth-order valence-electron chi connectivity index (χ4n) is 0.858. The zero-order chi connectivity index (χ0) is 11.7. The van der Waals surface area contributed by atoms with Gasteiger partial charge in [-0.05, 0) is 13.3 Å². The van der Waals surface area contributed by atoms with Crippen molar-refractivity contribution in [3.63, 3.8) is 0 Å². The lowest BCUT2D eigenvalue weighted by molar-refractivity contribution is -0.134. The van der Waals surface area contributed by atoms with Crippen molar-refractivity contribution in [1.82, 2.24) is 4.90 Å². The standard InChI is InChI=1S/C11H18N2O2/c1-10(2)5-8-15-9-11(14)13(3)7-4-6-12/h1,4-5,7-9H2,2-3H3. The van der Waals surface area contributed by atoms with Gasteiger partial charge in [0.25, 0.3) is 0 Å². The lowest BCUT2D eigenvalue weighted by Gasteiger charge is -2.15. The zero-order valence-electron chi connectivity index (χ0n) is 9.45. The minimum absolute atomic E-state index is 0.0786. The molecule has 0 unspecified atom stereocenters. The van der Waals surface area contributed by atoms with Crippen molar-refractivity contribution in [3.05, 3.63) is 12.2 Å². The van der Waals surface area contributed by atoms with E-state index in [9.17, 15) is 4.79 Å². The fourth-order valence-corrected chi connectivity index (χ4v) is 0.858. The van der Waals surface area contributed by atoms with Crippen molar-refractivity contribution in [2.45, 2.75) is 19.8 Å². The van der Waals surface area contributed by atoms with Crippen LogP contribution in [-0.2, 0) is 9.53 Å². The van der Waals surface area contributed by atoms with E-state index < -0.39 is 0 Å². The van der Waals surface area contributed by atoms with Crippen molar-refractivity contribution in [2.24, 2.45) is 0 Å². The molecule has 0 atom stereocenters. The molecule has 4 nitrogen and oxygen atoms in total. The van der Waals surface area contributed by atoms with E-state index in [1.807, 2.05) is 13.0 Å². The normalized spacial score (nSPS) is 9.40. The molecular formula is C11H18N2O2. The van der Waals surface area contributed by atoms with Crippen LogP contribution in [0.5, 0.6) is 0 Å². The smallest absolute Gasteiger partial charge is 0.248 e. The van der Waals surface area contributed by atoms with Crippen LogP contribution in [0, 0.1) is 11.3 Å². The van der Waals surface area contributed by atoms with Gasteiger partial charge in [0.05, 0.1) is 19.1 Å². The summed E-state index contributed by atoms with van der Waals surface area (Å²) >= 11 is 0. The monoisotopic (exact) mass is 210 g/mol. The van der Waals surface area contributed by atoms with E-state index in [1.165, 1.54) is 4.90 Å². The predicted octanol–water partition coefficient (Wildman–Crippen LogP) is 1.34. The molecule has 0 aromatic carbocycles. The average molecular weight is 210 g/mol. The van der Waals surface area contributed by atoms with E-state index in [2.05, 4.69) is 6.58 Å². The third kappa shape index (κ3) is 7.71. The van der Waals surface area contributed by atoms with Crippen molar-refractivity contribution < 1.29 is 9.53 Å². The third-order valence-corrected chi connectivity index (χ3v) is 1.88. The molecule has 0 aromatic heterocycles. The molecule has 0 saturated heterocycles. The van der Waals surface area contributed by atoms with E-state index >= 15 is 0 Å².